The van der Waals surface area contributed by atoms with Gasteiger partial charge in [-0.15, -0.1) is 0 Å². The molecule has 3 aliphatic heterocycles. The van der Waals surface area contributed by atoms with E-state index in [2.05, 4.69) is 15.1 Å². The number of piperidine rings is 1. The van der Waals surface area contributed by atoms with Crippen LogP contribution in [0.4, 0.5) is 0 Å². The molecule has 0 aliphatic carbocycles. The van der Waals surface area contributed by atoms with Crippen LogP contribution in [0.2, 0.25) is 0 Å². The maximum Gasteiger partial charge on any atom is 0.239 e. The maximum absolute atomic E-state index is 12.3. The Kier molecular flexibility index (Phi) is 4.38. The largest absolute Gasteiger partial charge is 0.341 e. The number of amides is 1. The van der Waals surface area contributed by atoms with Gasteiger partial charge in [-0.3, -0.25) is 4.79 Å². The first-order valence-corrected chi connectivity index (χ1v) is 8.07. The minimum absolute atomic E-state index is 0.119. The standard InChI is InChI=1S/C15H27N3O/c19-15(14-5-4-7-16-14)18-10-6-13(12-18)11-17-8-2-1-3-9-17/h13-14,16H,1-12H2/t13?,14-/m0/s1. The zero-order valence-corrected chi connectivity index (χ0v) is 11.9. The van der Waals surface area contributed by atoms with Crippen molar-refractivity contribution in [3.05, 3.63) is 0 Å². The molecule has 0 saturated carbocycles. The maximum atomic E-state index is 12.3. The van der Waals surface area contributed by atoms with Crippen molar-refractivity contribution in [1.82, 2.24) is 15.1 Å². The highest BCUT2D eigenvalue weighted by molar-refractivity contribution is 5.82. The Morgan fingerprint density at radius 1 is 1.05 bits per heavy atom. The van der Waals surface area contributed by atoms with Gasteiger partial charge in [-0.1, -0.05) is 6.42 Å². The van der Waals surface area contributed by atoms with E-state index >= 15 is 0 Å². The smallest absolute Gasteiger partial charge is 0.239 e. The Labute approximate surface area is 116 Å². The molecule has 1 amide bonds. The number of carbonyl (C=O) groups is 1. The van der Waals surface area contributed by atoms with E-state index in [4.69, 9.17) is 0 Å². The monoisotopic (exact) mass is 265 g/mol. The summed E-state index contributed by atoms with van der Waals surface area (Å²) in [5, 5.41) is 3.33. The van der Waals surface area contributed by atoms with E-state index in [-0.39, 0.29) is 6.04 Å². The molecule has 3 fully saturated rings. The highest BCUT2D eigenvalue weighted by Crippen LogP contribution is 2.21. The molecule has 0 radical (unpaired) electrons. The van der Waals surface area contributed by atoms with Gasteiger partial charge >= 0.3 is 0 Å². The molecule has 4 nitrogen and oxygen atoms in total. The van der Waals surface area contributed by atoms with Crippen molar-refractivity contribution >= 4 is 5.91 Å². The second-order valence-electron chi connectivity index (χ2n) is 6.45. The second-order valence-corrected chi connectivity index (χ2v) is 6.45. The molecule has 1 unspecified atom stereocenters. The van der Waals surface area contributed by atoms with E-state index in [9.17, 15) is 4.79 Å². The molecule has 19 heavy (non-hydrogen) atoms. The molecule has 0 aromatic rings. The average molecular weight is 265 g/mol. The normalized spacial score (nSPS) is 32.9. The van der Waals surface area contributed by atoms with Gasteiger partial charge in [0.15, 0.2) is 0 Å². The SMILES string of the molecule is O=C([C@@H]1CCCN1)N1CCC(CN2CCCCC2)C1. The second kappa shape index (κ2) is 6.23. The first kappa shape index (κ1) is 13.4. The van der Waals surface area contributed by atoms with Crippen molar-refractivity contribution in [1.29, 1.82) is 0 Å². The molecular weight excluding hydrogens is 238 g/mol. The number of nitrogens with zero attached hydrogens (tertiary/aromatic N) is 2. The van der Waals surface area contributed by atoms with Crippen LogP contribution in [0.15, 0.2) is 0 Å². The van der Waals surface area contributed by atoms with Crippen LogP contribution in [-0.4, -0.2) is 61.0 Å². The van der Waals surface area contributed by atoms with Gasteiger partial charge in [-0.2, -0.15) is 0 Å². The van der Waals surface area contributed by atoms with Crippen LogP contribution in [0, 0.1) is 5.92 Å². The van der Waals surface area contributed by atoms with Crippen LogP contribution in [0.3, 0.4) is 0 Å². The van der Waals surface area contributed by atoms with Crippen LogP contribution >= 0.6 is 0 Å². The fourth-order valence-corrected chi connectivity index (χ4v) is 3.80. The topological polar surface area (TPSA) is 35.6 Å². The Morgan fingerprint density at radius 3 is 2.63 bits per heavy atom. The van der Waals surface area contributed by atoms with Crippen molar-refractivity contribution in [3.63, 3.8) is 0 Å². The molecule has 0 aromatic carbocycles. The number of rotatable bonds is 3. The molecule has 1 N–H and O–H groups in total. The summed E-state index contributed by atoms with van der Waals surface area (Å²) in [5.41, 5.74) is 0. The van der Waals surface area contributed by atoms with E-state index in [1.54, 1.807) is 0 Å². The molecule has 0 spiro atoms. The van der Waals surface area contributed by atoms with E-state index in [0.717, 1.165) is 32.5 Å². The minimum Gasteiger partial charge on any atom is -0.341 e. The Bertz CT molecular complexity index is 309. The summed E-state index contributed by atoms with van der Waals surface area (Å²) in [4.78, 5) is 17.1. The fraction of sp³-hybridized carbons (Fsp3) is 0.933. The number of likely N-dealkylation sites (tertiary alicyclic amines) is 2. The van der Waals surface area contributed by atoms with Gasteiger partial charge in [0.1, 0.15) is 0 Å². The number of hydrogen-bond donors (Lipinski definition) is 1. The van der Waals surface area contributed by atoms with Crippen molar-refractivity contribution in [2.24, 2.45) is 5.92 Å². The fourth-order valence-electron chi connectivity index (χ4n) is 3.80. The molecule has 2 atom stereocenters. The molecule has 108 valence electrons. The van der Waals surface area contributed by atoms with Crippen LogP contribution in [-0.2, 0) is 4.79 Å². The molecule has 0 aromatic heterocycles. The van der Waals surface area contributed by atoms with Gasteiger partial charge in [0, 0.05) is 19.6 Å². The van der Waals surface area contributed by atoms with Gasteiger partial charge in [-0.05, 0) is 57.7 Å². The number of carbonyl (C=O) groups excluding carboxylic acids is 1. The molecule has 0 bridgehead atoms. The Morgan fingerprint density at radius 2 is 1.89 bits per heavy atom. The van der Waals surface area contributed by atoms with Crippen molar-refractivity contribution < 1.29 is 4.79 Å². The third-order valence-corrected chi connectivity index (χ3v) is 4.92. The van der Waals surface area contributed by atoms with Gasteiger partial charge in [-0.25, -0.2) is 0 Å². The van der Waals surface area contributed by atoms with Crippen molar-refractivity contribution in [2.75, 3.05) is 39.3 Å². The summed E-state index contributed by atoms with van der Waals surface area (Å²) < 4.78 is 0. The number of hydrogen-bond acceptors (Lipinski definition) is 3. The number of nitrogens with one attached hydrogen (secondary N) is 1. The van der Waals surface area contributed by atoms with E-state index < -0.39 is 0 Å². The minimum atomic E-state index is 0.119. The lowest BCUT2D eigenvalue weighted by Crippen LogP contribution is -2.43. The lowest BCUT2D eigenvalue weighted by molar-refractivity contribution is -0.132. The van der Waals surface area contributed by atoms with Crippen LogP contribution < -0.4 is 5.32 Å². The zero-order chi connectivity index (χ0) is 13.1. The van der Waals surface area contributed by atoms with Gasteiger partial charge < -0.3 is 15.1 Å². The molecule has 3 heterocycles. The zero-order valence-electron chi connectivity index (χ0n) is 11.9. The highest BCUT2D eigenvalue weighted by atomic mass is 16.2. The molecule has 3 saturated heterocycles. The first-order valence-electron chi connectivity index (χ1n) is 8.07. The Hall–Kier alpha value is -0.610. The molecule has 3 aliphatic rings. The Balaban J connectivity index is 1.45. The third-order valence-electron chi connectivity index (χ3n) is 4.92. The van der Waals surface area contributed by atoms with Gasteiger partial charge in [0.25, 0.3) is 0 Å². The van der Waals surface area contributed by atoms with E-state index in [1.165, 1.54) is 45.3 Å². The molecule has 4 heteroatoms. The highest BCUT2D eigenvalue weighted by Gasteiger charge is 2.32. The van der Waals surface area contributed by atoms with Crippen LogP contribution in [0.1, 0.15) is 38.5 Å². The predicted molar refractivity (Wildman–Crippen MR) is 76.0 cm³/mol. The quantitative estimate of drug-likeness (QED) is 0.829. The average Bonchev–Trinajstić information content (AvgIpc) is 3.10. The van der Waals surface area contributed by atoms with E-state index in [1.807, 2.05) is 0 Å². The van der Waals surface area contributed by atoms with Gasteiger partial charge in [0.05, 0.1) is 6.04 Å². The molecule has 3 rings (SSSR count). The summed E-state index contributed by atoms with van der Waals surface area (Å²) in [6, 6.07) is 0.119. The lowest BCUT2D eigenvalue weighted by atomic mass is 10.1. The summed E-state index contributed by atoms with van der Waals surface area (Å²) in [5.74, 6) is 1.07. The van der Waals surface area contributed by atoms with Gasteiger partial charge in [0.2, 0.25) is 5.91 Å². The third kappa shape index (κ3) is 3.29. The predicted octanol–water partition coefficient (Wildman–Crippen LogP) is 1.07. The van der Waals surface area contributed by atoms with Crippen LogP contribution in [0.25, 0.3) is 0 Å². The summed E-state index contributed by atoms with van der Waals surface area (Å²) >= 11 is 0. The van der Waals surface area contributed by atoms with E-state index in [0.29, 0.717) is 11.8 Å². The van der Waals surface area contributed by atoms with Crippen LogP contribution in [0.5, 0.6) is 0 Å². The van der Waals surface area contributed by atoms with Crippen molar-refractivity contribution in [3.8, 4) is 0 Å². The lowest BCUT2D eigenvalue weighted by Gasteiger charge is -2.29. The summed E-state index contributed by atoms with van der Waals surface area (Å²) in [6.07, 6.45) is 7.52. The first-order chi connectivity index (χ1) is 9.33. The summed E-state index contributed by atoms with van der Waals surface area (Å²) in [7, 11) is 0. The van der Waals surface area contributed by atoms with Crippen molar-refractivity contribution in [2.45, 2.75) is 44.6 Å². The summed E-state index contributed by atoms with van der Waals surface area (Å²) in [6.45, 7) is 6.75. The molecular formula is C15H27N3O.